The van der Waals surface area contributed by atoms with Crippen molar-refractivity contribution in [1.29, 1.82) is 0 Å². The zero-order chi connectivity index (χ0) is 14.5. The van der Waals surface area contributed by atoms with Crippen LogP contribution in [-0.4, -0.2) is 34.9 Å². The molecule has 1 saturated carbocycles. The zero-order valence-corrected chi connectivity index (χ0v) is 11.5. The van der Waals surface area contributed by atoms with Gasteiger partial charge in [0.25, 0.3) is 0 Å². The third-order valence-electron chi connectivity index (χ3n) is 2.48. The molecule has 0 aromatic carbocycles. The SMILES string of the molecule is CC(C)(C)OC(=O)NC(=NC1CCCC1)NC(=O)O. The first-order chi connectivity index (χ1) is 8.76. The van der Waals surface area contributed by atoms with Gasteiger partial charge in [0, 0.05) is 0 Å². The van der Waals surface area contributed by atoms with Gasteiger partial charge >= 0.3 is 12.2 Å². The lowest BCUT2D eigenvalue weighted by Crippen LogP contribution is -2.45. The molecule has 7 heteroatoms. The van der Waals surface area contributed by atoms with E-state index in [1.54, 1.807) is 20.8 Å². The number of aliphatic imine (C=N–C) groups is 1. The molecule has 0 saturated heterocycles. The van der Waals surface area contributed by atoms with Gasteiger partial charge in [-0.15, -0.1) is 0 Å². The lowest BCUT2D eigenvalue weighted by atomic mass is 10.2. The van der Waals surface area contributed by atoms with Crippen molar-refractivity contribution in [2.45, 2.75) is 58.1 Å². The normalized spacial score (nSPS) is 17.1. The molecule has 0 spiro atoms. The lowest BCUT2D eigenvalue weighted by molar-refractivity contribution is 0.0561. The van der Waals surface area contributed by atoms with Crippen molar-refractivity contribution in [2.75, 3.05) is 0 Å². The standard InChI is InChI=1S/C12H21N3O4/c1-12(2,3)19-11(18)15-9(14-10(16)17)13-8-6-4-5-7-8/h8H,4-7H2,1-3H3,(H,16,17)(H2,13,14,15,18). The summed E-state index contributed by atoms with van der Waals surface area (Å²) in [6, 6.07) is 0.0526. The zero-order valence-electron chi connectivity index (χ0n) is 11.5. The second kappa shape index (κ2) is 6.40. The van der Waals surface area contributed by atoms with Crippen LogP contribution in [0.15, 0.2) is 4.99 Å². The van der Waals surface area contributed by atoms with E-state index in [-0.39, 0.29) is 12.0 Å². The summed E-state index contributed by atoms with van der Waals surface area (Å²) < 4.78 is 5.05. The van der Waals surface area contributed by atoms with E-state index in [1.165, 1.54) is 0 Å². The highest BCUT2D eigenvalue weighted by Gasteiger charge is 2.20. The molecule has 0 aliphatic heterocycles. The molecular formula is C12H21N3O4. The fraction of sp³-hybridized carbons (Fsp3) is 0.750. The van der Waals surface area contributed by atoms with Crippen molar-refractivity contribution in [3.8, 4) is 0 Å². The minimum absolute atomic E-state index is 0.0526. The summed E-state index contributed by atoms with van der Waals surface area (Å²) in [6.07, 6.45) is 1.95. The lowest BCUT2D eigenvalue weighted by Gasteiger charge is -2.20. The predicted octanol–water partition coefficient (Wildman–Crippen LogP) is 2.08. The number of hydrogen-bond donors (Lipinski definition) is 3. The van der Waals surface area contributed by atoms with Crippen LogP contribution in [-0.2, 0) is 4.74 Å². The maximum absolute atomic E-state index is 11.6. The van der Waals surface area contributed by atoms with Crippen molar-refractivity contribution in [3.05, 3.63) is 0 Å². The van der Waals surface area contributed by atoms with Gasteiger partial charge in [-0.1, -0.05) is 12.8 Å². The van der Waals surface area contributed by atoms with E-state index >= 15 is 0 Å². The van der Waals surface area contributed by atoms with Crippen LogP contribution in [0.5, 0.6) is 0 Å². The molecule has 108 valence electrons. The number of amides is 2. The Morgan fingerprint density at radius 3 is 2.26 bits per heavy atom. The minimum Gasteiger partial charge on any atom is -0.465 e. The van der Waals surface area contributed by atoms with Gasteiger partial charge in [-0.05, 0) is 33.6 Å². The number of hydrogen-bond acceptors (Lipinski definition) is 4. The van der Waals surface area contributed by atoms with Crippen LogP contribution in [0, 0.1) is 0 Å². The summed E-state index contributed by atoms with van der Waals surface area (Å²) in [5.74, 6) is -0.0753. The van der Waals surface area contributed by atoms with Crippen LogP contribution in [0.4, 0.5) is 9.59 Å². The number of rotatable bonds is 1. The number of carboxylic acid groups (broad SMARTS) is 1. The highest BCUT2D eigenvalue weighted by molar-refractivity contribution is 6.00. The first-order valence-electron chi connectivity index (χ1n) is 6.34. The number of carbonyl (C=O) groups is 2. The first-order valence-corrected chi connectivity index (χ1v) is 6.34. The van der Waals surface area contributed by atoms with Crippen LogP contribution in [0.25, 0.3) is 0 Å². The summed E-state index contributed by atoms with van der Waals surface area (Å²) in [5, 5.41) is 13.1. The highest BCUT2D eigenvalue weighted by Crippen LogP contribution is 2.20. The van der Waals surface area contributed by atoms with E-state index in [1.807, 2.05) is 0 Å². The Bertz CT molecular complexity index is 368. The summed E-state index contributed by atoms with van der Waals surface area (Å²) in [6.45, 7) is 5.18. The molecule has 1 fully saturated rings. The molecule has 0 unspecified atom stereocenters. The largest absolute Gasteiger partial charge is 0.465 e. The third kappa shape index (κ3) is 6.64. The molecule has 19 heavy (non-hydrogen) atoms. The van der Waals surface area contributed by atoms with Gasteiger partial charge in [0.05, 0.1) is 6.04 Å². The number of guanidine groups is 1. The average molecular weight is 271 g/mol. The predicted molar refractivity (Wildman–Crippen MR) is 70.2 cm³/mol. The molecule has 0 aromatic heterocycles. The maximum atomic E-state index is 11.6. The van der Waals surface area contributed by atoms with E-state index in [4.69, 9.17) is 9.84 Å². The number of ether oxygens (including phenoxy) is 1. The Morgan fingerprint density at radius 1 is 1.21 bits per heavy atom. The van der Waals surface area contributed by atoms with Gasteiger partial charge in [0.2, 0.25) is 5.96 Å². The summed E-state index contributed by atoms with van der Waals surface area (Å²) in [4.78, 5) is 26.4. The molecule has 7 nitrogen and oxygen atoms in total. The van der Waals surface area contributed by atoms with Crippen molar-refractivity contribution in [1.82, 2.24) is 10.6 Å². The molecule has 0 bridgehead atoms. The van der Waals surface area contributed by atoms with Gasteiger partial charge in [-0.2, -0.15) is 0 Å². The Labute approximate surface area is 112 Å². The minimum atomic E-state index is -1.27. The molecular weight excluding hydrogens is 250 g/mol. The number of carbonyl (C=O) groups excluding carboxylic acids is 1. The summed E-state index contributed by atoms with van der Waals surface area (Å²) >= 11 is 0. The molecule has 1 rings (SSSR count). The highest BCUT2D eigenvalue weighted by atomic mass is 16.6. The van der Waals surface area contributed by atoms with Crippen LogP contribution in [0.1, 0.15) is 46.5 Å². The average Bonchev–Trinajstić information content (AvgIpc) is 2.65. The molecule has 0 radical (unpaired) electrons. The fourth-order valence-corrected chi connectivity index (χ4v) is 1.81. The van der Waals surface area contributed by atoms with Crippen LogP contribution >= 0.6 is 0 Å². The Balaban J connectivity index is 2.63. The van der Waals surface area contributed by atoms with Crippen molar-refractivity contribution >= 4 is 18.1 Å². The Hall–Kier alpha value is -1.79. The molecule has 2 amide bonds. The van der Waals surface area contributed by atoms with E-state index < -0.39 is 17.8 Å². The molecule has 0 atom stereocenters. The van der Waals surface area contributed by atoms with Crippen LogP contribution in [0.2, 0.25) is 0 Å². The van der Waals surface area contributed by atoms with E-state index in [2.05, 4.69) is 15.6 Å². The van der Waals surface area contributed by atoms with E-state index in [9.17, 15) is 9.59 Å². The molecule has 1 aliphatic carbocycles. The van der Waals surface area contributed by atoms with Gasteiger partial charge in [0.15, 0.2) is 0 Å². The van der Waals surface area contributed by atoms with Crippen molar-refractivity contribution < 1.29 is 19.4 Å². The topological polar surface area (TPSA) is 100 Å². The van der Waals surface area contributed by atoms with Crippen LogP contribution < -0.4 is 10.6 Å². The number of nitrogens with one attached hydrogen (secondary N) is 2. The number of alkyl carbamates (subject to hydrolysis) is 1. The summed E-state index contributed by atoms with van der Waals surface area (Å²) in [5.41, 5.74) is -0.647. The van der Waals surface area contributed by atoms with Crippen molar-refractivity contribution in [3.63, 3.8) is 0 Å². The first kappa shape index (κ1) is 15.3. The van der Waals surface area contributed by atoms with Crippen LogP contribution in [0.3, 0.4) is 0 Å². The monoisotopic (exact) mass is 271 g/mol. The third-order valence-corrected chi connectivity index (χ3v) is 2.48. The van der Waals surface area contributed by atoms with Crippen molar-refractivity contribution in [2.24, 2.45) is 4.99 Å². The quantitative estimate of drug-likeness (QED) is 0.502. The number of nitrogens with zero attached hydrogens (tertiary/aromatic N) is 1. The molecule has 0 aromatic rings. The Morgan fingerprint density at radius 2 is 1.79 bits per heavy atom. The molecule has 1 aliphatic rings. The van der Waals surface area contributed by atoms with Gasteiger partial charge in [-0.25, -0.2) is 14.6 Å². The smallest absolute Gasteiger partial charge is 0.414 e. The second-order valence-corrected chi connectivity index (χ2v) is 5.47. The maximum Gasteiger partial charge on any atom is 0.414 e. The second-order valence-electron chi connectivity index (χ2n) is 5.47. The van der Waals surface area contributed by atoms with Gasteiger partial charge < -0.3 is 9.84 Å². The summed E-state index contributed by atoms with van der Waals surface area (Å²) in [7, 11) is 0. The Kier molecular flexibility index (Phi) is 5.14. The molecule has 0 heterocycles. The fourth-order valence-electron chi connectivity index (χ4n) is 1.81. The molecule has 3 N–H and O–H groups in total. The van der Waals surface area contributed by atoms with E-state index in [0.717, 1.165) is 25.7 Å². The van der Waals surface area contributed by atoms with E-state index in [0.29, 0.717) is 0 Å². The van der Waals surface area contributed by atoms with Gasteiger partial charge in [0.1, 0.15) is 5.60 Å². The van der Waals surface area contributed by atoms with Gasteiger partial charge in [-0.3, -0.25) is 10.6 Å².